The first-order valence-corrected chi connectivity index (χ1v) is 14.2. The third-order valence-corrected chi connectivity index (χ3v) is 9.08. The topological polar surface area (TPSA) is 117 Å². The number of aromatic nitrogens is 1. The second-order valence-electron chi connectivity index (χ2n) is 10.2. The van der Waals surface area contributed by atoms with Crippen molar-refractivity contribution in [3.8, 4) is 0 Å². The molecule has 3 atom stereocenters. The molecule has 2 aliphatic rings. The Kier molecular flexibility index (Phi) is 8.08. The molecular formula is C27H34N4O5S. The standard InChI is InChI=1S/C27H34N4O5S/c1-18(2)20-6-8-21(9-7-20)27(34)29-13-10-19(3)15-25(33)30-14-11-23-26(30)24(32)17-31(23)37(35,36)22-5-4-12-28-16-22/h4-9,12,16,18-19,23,26H,10-11,13-15,17H2,1-3H3,(H,29,34). The number of nitrogens with zero attached hydrogens (tertiary/aromatic N) is 3. The first-order chi connectivity index (χ1) is 17.6. The van der Waals surface area contributed by atoms with Crippen molar-refractivity contribution in [2.75, 3.05) is 19.6 Å². The van der Waals surface area contributed by atoms with Gasteiger partial charge in [-0.05, 0) is 54.5 Å². The Balaban J connectivity index is 1.29. The zero-order valence-corrected chi connectivity index (χ0v) is 22.3. The highest BCUT2D eigenvalue weighted by atomic mass is 32.2. The van der Waals surface area contributed by atoms with Gasteiger partial charge in [-0.1, -0.05) is 32.9 Å². The minimum atomic E-state index is -3.88. The average Bonchev–Trinajstić information content (AvgIpc) is 3.46. The predicted octanol–water partition coefficient (Wildman–Crippen LogP) is 2.59. The van der Waals surface area contributed by atoms with Crippen molar-refractivity contribution in [2.45, 2.75) is 62.9 Å². The number of sulfonamides is 1. The first kappa shape index (κ1) is 26.9. The number of rotatable bonds is 9. The molecule has 2 fully saturated rings. The number of amides is 2. The van der Waals surface area contributed by atoms with Crippen molar-refractivity contribution < 1.29 is 22.8 Å². The highest BCUT2D eigenvalue weighted by molar-refractivity contribution is 7.89. The predicted molar refractivity (Wildman–Crippen MR) is 138 cm³/mol. The summed E-state index contributed by atoms with van der Waals surface area (Å²) in [5.41, 5.74) is 1.77. The third kappa shape index (κ3) is 5.75. The van der Waals surface area contributed by atoms with Crippen molar-refractivity contribution in [3.63, 3.8) is 0 Å². The lowest BCUT2D eigenvalue weighted by atomic mass is 10.0. The van der Waals surface area contributed by atoms with Crippen molar-refractivity contribution in [3.05, 3.63) is 59.9 Å². The summed E-state index contributed by atoms with van der Waals surface area (Å²) in [6.07, 6.45) is 4.02. The molecule has 1 aromatic heterocycles. The van der Waals surface area contributed by atoms with E-state index in [9.17, 15) is 22.8 Å². The maximum atomic E-state index is 13.1. The van der Waals surface area contributed by atoms with Gasteiger partial charge in [-0.25, -0.2) is 8.42 Å². The molecule has 0 bridgehead atoms. The Morgan fingerprint density at radius 1 is 1.14 bits per heavy atom. The quantitative estimate of drug-likeness (QED) is 0.537. The van der Waals surface area contributed by atoms with Gasteiger partial charge in [-0.2, -0.15) is 4.31 Å². The van der Waals surface area contributed by atoms with E-state index < -0.39 is 22.1 Å². The molecule has 3 heterocycles. The molecule has 0 radical (unpaired) electrons. The van der Waals surface area contributed by atoms with Gasteiger partial charge in [0.15, 0.2) is 5.78 Å². The maximum absolute atomic E-state index is 13.1. The molecule has 9 nitrogen and oxygen atoms in total. The van der Waals surface area contributed by atoms with Crippen LogP contribution in [0.25, 0.3) is 0 Å². The van der Waals surface area contributed by atoms with E-state index in [1.807, 2.05) is 31.2 Å². The molecule has 10 heteroatoms. The average molecular weight is 527 g/mol. The first-order valence-electron chi connectivity index (χ1n) is 12.7. The molecule has 2 saturated heterocycles. The lowest BCUT2D eigenvalue weighted by Crippen LogP contribution is -2.44. The van der Waals surface area contributed by atoms with Crippen LogP contribution in [0.1, 0.15) is 61.9 Å². The van der Waals surface area contributed by atoms with Gasteiger partial charge in [0, 0.05) is 37.5 Å². The second kappa shape index (κ2) is 11.1. The van der Waals surface area contributed by atoms with Crippen molar-refractivity contribution in [2.24, 2.45) is 5.92 Å². The second-order valence-corrected chi connectivity index (χ2v) is 12.1. The number of nitrogens with one attached hydrogen (secondary N) is 1. The molecule has 2 aliphatic heterocycles. The lowest BCUT2D eigenvalue weighted by molar-refractivity contribution is -0.137. The van der Waals surface area contributed by atoms with Crippen molar-refractivity contribution in [1.29, 1.82) is 0 Å². The molecule has 3 unspecified atom stereocenters. The number of carbonyl (C=O) groups is 3. The highest BCUT2D eigenvalue weighted by Gasteiger charge is 2.53. The number of benzene rings is 1. The summed E-state index contributed by atoms with van der Waals surface area (Å²) in [6, 6.07) is 9.24. The van der Waals surface area contributed by atoms with E-state index >= 15 is 0 Å². The van der Waals surface area contributed by atoms with E-state index in [-0.39, 0.29) is 41.4 Å². The largest absolute Gasteiger partial charge is 0.352 e. The molecule has 1 aromatic carbocycles. The summed E-state index contributed by atoms with van der Waals surface area (Å²) in [5.74, 6) is -0.185. The zero-order chi connectivity index (χ0) is 26.7. The van der Waals surface area contributed by atoms with Gasteiger partial charge < -0.3 is 10.2 Å². The van der Waals surface area contributed by atoms with Gasteiger partial charge in [-0.15, -0.1) is 0 Å². The molecule has 37 heavy (non-hydrogen) atoms. The van der Waals surface area contributed by atoms with Gasteiger partial charge in [-0.3, -0.25) is 19.4 Å². The normalized spacial score (nSPS) is 20.8. The lowest BCUT2D eigenvalue weighted by Gasteiger charge is -2.25. The van der Waals surface area contributed by atoms with E-state index in [1.165, 1.54) is 33.2 Å². The Labute approximate surface area is 218 Å². The summed E-state index contributed by atoms with van der Waals surface area (Å²) in [6.45, 7) is 6.67. The van der Waals surface area contributed by atoms with Gasteiger partial charge in [0.1, 0.15) is 10.9 Å². The molecule has 0 saturated carbocycles. The van der Waals surface area contributed by atoms with Gasteiger partial charge in [0.05, 0.1) is 12.6 Å². The van der Waals surface area contributed by atoms with E-state index in [0.29, 0.717) is 37.4 Å². The van der Waals surface area contributed by atoms with Crippen LogP contribution in [0, 0.1) is 5.92 Å². The van der Waals surface area contributed by atoms with Crippen LogP contribution in [-0.4, -0.2) is 71.9 Å². The van der Waals surface area contributed by atoms with E-state index in [0.717, 1.165) is 0 Å². The molecule has 4 rings (SSSR count). The smallest absolute Gasteiger partial charge is 0.251 e. The fourth-order valence-corrected chi connectivity index (χ4v) is 6.67. The summed E-state index contributed by atoms with van der Waals surface area (Å²) in [4.78, 5) is 43.8. The number of hydrogen-bond donors (Lipinski definition) is 1. The fraction of sp³-hybridized carbons (Fsp3) is 0.481. The SMILES string of the molecule is CC(CCNC(=O)c1ccc(C(C)C)cc1)CC(=O)N1CCC2C1C(=O)CN2S(=O)(=O)c1cccnc1. The van der Waals surface area contributed by atoms with Crippen molar-refractivity contribution in [1.82, 2.24) is 19.5 Å². The molecule has 1 N–H and O–H groups in total. The molecule has 198 valence electrons. The molecule has 0 aliphatic carbocycles. The van der Waals surface area contributed by atoms with E-state index in [2.05, 4.69) is 24.1 Å². The number of Topliss-reactive ketones (excluding diaryl/α,β-unsaturated/α-hetero) is 1. The molecule has 2 amide bonds. The molecule has 2 aromatic rings. The van der Waals surface area contributed by atoms with Crippen LogP contribution < -0.4 is 5.32 Å². The summed E-state index contributed by atoms with van der Waals surface area (Å²) < 4.78 is 27.4. The maximum Gasteiger partial charge on any atom is 0.251 e. The van der Waals surface area contributed by atoms with Gasteiger partial charge in [0.2, 0.25) is 15.9 Å². The number of ketones is 1. The van der Waals surface area contributed by atoms with Crippen LogP contribution in [0.5, 0.6) is 0 Å². The zero-order valence-electron chi connectivity index (χ0n) is 21.5. The third-order valence-electron chi connectivity index (χ3n) is 7.22. The summed E-state index contributed by atoms with van der Waals surface area (Å²) >= 11 is 0. The summed E-state index contributed by atoms with van der Waals surface area (Å²) in [7, 11) is -3.88. The molecule has 0 spiro atoms. The van der Waals surface area contributed by atoms with Crippen LogP contribution in [0.3, 0.4) is 0 Å². The van der Waals surface area contributed by atoms with Crippen LogP contribution in [0.15, 0.2) is 53.7 Å². The number of carbonyl (C=O) groups excluding carboxylic acids is 3. The number of pyridine rings is 1. The van der Waals surface area contributed by atoms with Crippen LogP contribution in [0.4, 0.5) is 0 Å². The number of likely N-dealkylation sites (tertiary alicyclic amines) is 1. The van der Waals surface area contributed by atoms with E-state index in [4.69, 9.17) is 0 Å². The minimum Gasteiger partial charge on any atom is -0.352 e. The number of fused-ring (bicyclic) bond motifs is 1. The van der Waals surface area contributed by atoms with Crippen LogP contribution in [0.2, 0.25) is 0 Å². The minimum absolute atomic E-state index is 0.0121. The molecular weight excluding hydrogens is 492 g/mol. The number of hydrogen-bond acceptors (Lipinski definition) is 6. The monoisotopic (exact) mass is 526 g/mol. The van der Waals surface area contributed by atoms with Crippen LogP contribution >= 0.6 is 0 Å². The van der Waals surface area contributed by atoms with Gasteiger partial charge >= 0.3 is 0 Å². The van der Waals surface area contributed by atoms with E-state index in [1.54, 1.807) is 6.07 Å². The Morgan fingerprint density at radius 2 is 1.86 bits per heavy atom. The van der Waals surface area contributed by atoms with Crippen molar-refractivity contribution >= 4 is 27.6 Å². The Hall–Kier alpha value is -3.11. The van der Waals surface area contributed by atoms with Gasteiger partial charge in [0.25, 0.3) is 5.91 Å². The Bertz CT molecular complexity index is 1250. The Morgan fingerprint density at radius 3 is 2.51 bits per heavy atom. The van der Waals surface area contributed by atoms with Crippen LogP contribution in [-0.2, 0) is 19.6 Å². The fourth-order valence-electron chi connectivity index (χ4n) is 5.08. The highest BCUT2D eigenvalue weighted by Crippen LogP contribution is 2.34. The summed E-state index contributed by atoms with van der Waals surface area (Å²) in [5, 5.41) is 2.91.